The number of benzene rings is 2. The van der Waals surface area contributed by atoms with Gasteiger partial charge in [-0.25, -0.2) is 4.39 Å². The Morgan fingerprint density at radius 1 is 1.11 bits per heavy atom. The Morgan fingerprint density at radius 3 is 2.56 bits per heavy atom. The summed E-state index contributed by atoms with van der Waals surface area (Å²) in [6.45, 7) is 1.42. The topological polar surface area (TPSA) is 73.1 Å². The lowest BCUT2D eigenvalue weighted by Crippen LogP contribution is -2.41. The molecule has 138 valence electrons. The number of nitrogens with zero attached hydrogens (tertiary/aromatic N) is 2. The number of aromatic nitrogens is 2. The van der Waals surface area contributed by atoms with Gasteiger partial charge in [0, 0.05) is 16.9 Å². The average molecular weight is 432 g/mol. The van der Waals surface area contributed by atoms with Crippen molar-refractivity contribution in [3.05, 3.63) is 91.4 Å². The molecule has 0 aliphatic rings. The highest BCUT2D eigenvalue weighted by Crippen LogP contribution is 2.19. The Labute approximate surface area is 162 Å². The third-order valence-corrected chi connectivity index (χ3v) is 4.45. The van der Waals surface area contributed by atoms with E-state index < -0.39 is 29.4 Å². The molecular formula is C19H15BrFN3O3. The monoisotopic (exact) mass is 431 g/mol. The summed E-state index contributed by atoms with van der Waals surface area (Å²) >= 11 is 3.13. The zero-order valence-corrected chi connectivity index (χ0v) is 15.9. The lowest BCUT2D eigenvalue weighted by Gasteiger charge is -2.11. The first kappa shape index (κ1) is 18.8. The Balaban J connectivity index is 1.85. The van der Waals surface area contributed by atoms with E-state index in [9.17, 15) is 18.8 Å². The van der Waals surface area contributed by atoms with Crippen molar-refractivity contribution in [1.82, 2.24) is 9.13 Å². The number of hydrogen-bond donors (Lipinski definition) is 1. The number of aryl methyl sites for hydroxylation is 1. The van der Waals surface area contributed by atoms with Gasteiger partial charge in [0.25, 0.3) is 0 Å². The van der Waals surface area contributed by atoms with Crippen molar-refractivity contribution in [2.45, 2.75) is 13.5 Å². The Bertz CT molecular complexity index is 1140. The number of amides is 1. The fourth-order valence-corrected chi connectivity index (χ4v) is 2.92. The third kappa shape index (κ3) is 4.06. The van der Waals surface area contributed by atoms with Crippen LogP contribution in [0.4, 0.5) is 10.1 Å². The van der Waals surface area contributed by atoms with Gasteiger partial charge in [0.05, 0.1) is 11.4 Å². The number of carbonyl (C=O) groups is 1. The van der Waals surface area contributed by atoms with Crippen molar-refractivity contribution < 1.29 is 9.18 Å². The highest BCUT2D eigenvalue weighted by molar-refractivity contribution is 9.10. The smallest absolute Gasteiger partial charge is 0.320 e. The Kier molecular flexibility index (Phi) is 5.36. The number of nitrogens with one attached hydrogen (secondary N) is 1. The predicted octanol–water partition coefficient (Wildman–Crippen LogP) is 2.85. The van der Waals surface area contributed by atoms with E-state index in [-0.39, 0.29) is 5.69 Å². The predicted molar refractivity (Wildman–Crippen MR) is 104 cm³/mol. The molecule has 3 rings (SSSR count). The molecular weight excluding hydrogens is 417 g/mol. The maximum Gasteiger partial charge on any atom is 0.320 e. The molecule has 8 heteroatoms. The van der Waals surface area contributed by atoms with Crippen LogP contribution in [0.5, 0.6) is 0 Å². The first-order chi connectivity index (χ1) is 12.9. The number of halogens is 2. The number of anilines is 1. The summed E-state index contributed by atoms with van der Waals surface area (Å²) in [4.78, 5) is 36.9. The second-order valence-corrected chi connectivity index (χ2v) is 6.78. The van der Waals surface area contributed by atoms with Crippen molar-refractivity contribution in [3.8, 4) is 5.69 Å². The van der Waals surface area contributed by atoms with Crippen LogP contribution in [-0.4, -0.2) is 15.0 Å². The average Bonchev–Trinajstić information content (AvgIpc) is 2.62. The minimum Gasteiger partial charge on any atom is -0.322 e. The molecule has 2 aromatic carbocycles. The largest absolute Gasteiger partial charge is 0.322 e. The fraction of sp³-hybridized carbons (Fsp3) is 0.105. The van der Waals surface area contributed by atoms with Gasteiger partial charge in [-0.1, -0.05) is 34.1 Å². The van der Waals surface area contributed by atoms with Crippen LogP contribution in [0.25, 0.3) is 5.69 Å². The summed E-state index contributed by atoms with van der Waals surface area (Å²) in [5.41, 5.74) is -0.195. The van der Waals surface area contributed by atoms with Crippen molar-refractivity contribution >= 4 is 27.5 Å². The van der Waals surface area contributed by atoms with Gasteiger partial charge >= 0.3 is 11.1 Å². The van der Waals surface area contributed by atoms with Crippen LogP contribution in [0.3, 0.4) is 0 Å². The van der Waals surface area contributed by atoms with Crippen molar-refractivity contribution in [3.63, 3.8) is 0 Å². The van der Waals surface area contributed by atoms with Crippen LogP contribution >= 0.6 is 15.9 Å². The summed E-state index contributed by atoms with van der Waals surface area (Å²) < 4.78 is 16.6. The van der Waals surface area contributed by atoms with Gasteiger partial charge in [0.15, 0.2) is 0 Å². The van der Waals surface area contributed by atoms with Crippen LogP contribution in [0.2, 0.25) is 0 Å². The molecule has 0 aliphatic carbocycles. The molecule has 0 atom stereocenters. The molecule has 0 unspecified atom stereocenters. The highest BCUT2D eigenvalue weighted by Gasteiger charge is 2.12. The Hall–Kier alpha value is -3.00. The van der Waals surface area contributed by atoms with Crippen LogP contribution in [-0.2, 0) is 11.3 Å². The lowest BCUT2D eigenvalue weighted by atomic mass is 10.2. The van der Waals surface area contributed by atoms with E-state index in [1.54, 1.807) is 18.2 Å². The molecule has 0 radical (unpaired) electrons. The van der Waals surface area contributed by atoms with Crippen LogP contribution in [0.15, 0.2) is 68.9 Å². The number of carbonyl (C=O) groups excluding carboxylic acids is 1. The molecule has 0 spiro atoms. The van der Waals surface area contributed by atoms with Gasteiger partial charge in [-0.05, 0) is 36.8 Å². The molecule has 1 heterocycles. The Morgan fingerprint density at radius 2 is 1.85 bits per heavy atom. The van der Waals surface area contributed by atoms with Gasteiger partial charge in [0.2, 0.25) is 5.91 Å². The van der Waals surface area contributed by atoms with E-state index >= 15 is 0 Å². The molecule has 0 aliphatic heterocycles. The molecule has 3 aromatic rings. The van der Waals surface area contributed by atoms with E-state index in [1.165, 1.54) is 29.1 Å². The van der Waals surface area contributed by atoms with E-state index in [0.29, 0.717) is 10.2 Å². The lowest BCUT2D eigenvalue weighted by molar-refractivity contribution is -0.116. The van der Waals surface area contributed by atoms with E-state index in [0.717, 1.165) is 10.1 Å². The zero-order chi connectivity index (χ0) is 19.6. The molecule has 0 saturated carbocycles. The summed E-state index contributed by atoms with van der Waals surface area (Å²) in [6.07, 6.45) is 2.78. The van der Waals surface area contributed by atoms with Gasteiger partial charge in [-0.15, -0.1) is 0 Å². The minimum absolute atomic E-state index is 0.00972. The molecule has 27 heavy (non-hydrogen) atoms. The zero-order valence-electron chi connectivity index (χ0n) is 14.3. The third-order valence-electron chi connectivity index (χ3n) is 3.95. The molecule has 1 aromatic heterocycles. The van der Waals surface area contributed by atoms with Crippen LogP contribution in [0.1, 0.15) is 5.56 Å². The fourth-order valence-electron chi connectivity index (χ4n) is 2.59. The first-order valence-corrected chi connectivity index (χ1v) is 8.79. The summed E-state index contributed by atoms with van der Waals surface area (Å²) in [6, 6.07) is 11.3. The van der Waals surface area contributed by atoms with Gasteiger partial charge in [-0.2, -0.15) is 0 Å². The quantitative estimate of drug-likeness (QED) is 0.645. The molecule has 6 nitrogen and oxygen atoms in total. The number of hydrogen-bond acceptors (Lipinski definition) is 3. The second kappa shape index (κ2) is 7.71. The maximum absolute atomic E-state index is 13.8. The van der Waals surface area contributed by atoms with E-state index in [2.05, 4.69) is 21.2 Å². The summed E-state index contributed by atoms with van der Waals surface area (Å²) in [5, 5.41) is 2.38. The van der Waals surface area contributed by atoms with Crippen molar-refractivity contribution in [2.24, 2.45) is 0 Å². The van der Waals surface area contributed by atoms with Crippen molar-refractivity contribution in [2.75, 3.05) is 5.32 Å². The number of rotatable bonds is 4. The molecule has 0 saturated heterocycles. The SMILES string of the molecule is Cc1ccccc1-n1ccn(CC(=O)Nc2ccc(Br)cc2F)c(=O)c1=O. The second-order valence-electron chi connectivity index (χ2n) is 5.87. The molecule has 1 amide bonds. The van der Waals surface area contributed by atoms with Gasteiger partial charge < -0.3 is 5.32 Å². The molecule has 0 bridgehead atoms. The van der Waals surface area contributed by atoms with E-state index in [1.807, 2.05) is 19.1 Å². The van der Waals surface area contributed by atoms with Crippen LogP contribution < -0.4 is 16.4 Å². The van der Waals surface area contributed by atoms with Gasteiger partial charge in [0.1, 0.15) is 12.4 Å². The molecule has 0 fully saturated rings. The van der Waals surface area contributed by atoms with E-state index in [4.69, 9.17) is 0 Å². The highest BCUT2D eigenvalue weighted by atomic mass is 79.9. The van der Waals surface area contributed by atoms with Crippen molar-refractivity contribution in [1.29, 1.82) is 0 Å². The molecule has 1 N–H and O–H groups in total. The minimum atomic E-state index is -0.841. The van der Waals surface area contributed by atoms with Crippen LogP contribution in [0, 0.1) is 12.7 Å². The first-order valence-electron chi connectivity index (χ1n) is 8.00. The summed E-state index contributed by atoms with van der Waals surface area (Å²) in [5.74, 6) is -1.23. The van der Waals surface area contributed by atoms with Gasteiger partial charge in [-0.3, -0.25) is 23.5 Å². The standard InChI is InChI=1S/C19H15BrFN3O3/c1-12-4-2-3-5-16(12)24-9-8-23(18(26)19(24)27)11-17(25)22-15-7-6-13(20)10-14(15)21/h2-10H,11H2,1H3,(H,22,25). The number of para-hydroxylation sites is 1. The maximum atomic E-state index is 13.8. The summed E-state index contributed by atoms with van der Waals surface area (Å²) in [7, 11) is 0. The normalized spacial score (nSPS) is 10.6.